The van der Waals surface area contributed by atoms with Crippen molar-refractivity contribution in [2.24, 2.45) is 0 Å². The van der Waals surface area contributed by atoms with Gasteiger partial charge in [0.2, 0.25) is 0 Å². The predicted octanol–water partition coefficient (Wildman–Crippen LogP) is 1.25. The second-order valence-electron chi connectivity index (χ2n) is 3.33. The molecule has 0 N–H and O–H groups in total. The zero-order valence-electron chi connectivity index (χ0n) is 11.0. The van der Waals surface area contributed by atoms with Crippen molar-refractivity contribution in [3.05, 3.63) is 0 Å². The van der Waals surface area contributed by atoms with E-state index in [0.29, 0.717) is 19.6 Å². The molecule has 0 aromatic heterocycles. The van der Waals surface area contributed by atoms with Crippen molar-refractivity contribution in [1.29, 1.82) is 0 Å². The van der Waals surface area contributed by atoms with Crippen LogP contribution in [-0.4, -0.2) is 54.4 Å². The SMILES string of the molecule is CCOCCCS(=O)(=O)OCCP(=O)(OC)OC. The monoisotopic (exact) mass is 304 g/mol. The lowest BCUT2D eigenvalue weighted by Gasteiger charge is -2.13. The van der Waals surface area contributed by atoms with Crippen molar-refractivity contribution < 1.29 is 31.0 Å². The summed E-state index contributed by atoms with van der Waals surface area (Å²) in [7, 11) is -4.36. The van der Waals surface area contributed by atoms with Crippen LogP contribution in [0.25, 0.3) is 0 Å². The summed E-state index contributed by atoms with van der Waals surface area (Å²) in [6, 6.07) is 0. The molecule has 0 aliphatic heterocycles. The summed E-state index contributed by atoms with van der Waals surface area (Å²) in [5.74, 6) is -0.128. The zero-order valence-corrected chi connectivity index (χ0v) is 12.7. The molecule has 9 heteroatoms. The van der Waals surface area contributed by atoms with Crippen molar-refractivity contribution in [3.8, 4) is 0 Å². The van der Waals surface area contributed by atoms with Gasteiger partial charge in [-0.3, -0.25) is 8.75 Å². The van der Waals surface area contributed by atoms with Crippen LogP contribution in [-0.2, 0) is 32.7 Å². The molecule has 0 aliphatic carbocycles. The summed E-state index contributed by atoms with van der Waals surface area (Å²) in [4.78, 5) is 0. The molecule has 0 radical (unpaired) electrons. The first-order valence-corrected chi connectivity index (χ1v) is 8.85. The van der Waals surface area contributed by atoms with E-state index in [0.717, 1.165) is 0 Å². The van der Waals surface area contributed by atoms with Crippen LogP contribution < -0.4 is 0 Å². The molecule has 0 unspecified atom stereocenters. The fraction of sp³-hybridized carbons (Fsp3) is 1.00. The van der Waals surface area contributed by atoms with Gasteiger partial charge in [-0.05, 0) is 13.3 Å². The Morgan fingerprint density at radius 2 is 1.72 bits per heavy atom. The molecule has 7 nitrogen and oxygen atoms in total. The first-order chi connectivity index (χ1) is 8.39. The Morgan fingerprint density at radius 1 is 1.11 bits per heavy atom. The van der Waals surface area contributed by atoms with Gasteiger partial charge in [0.05, 0.1) is 18.5 Å². The standard InChI is InChI=1S/C9H21O7PS/c1-4-15-6-5-9-18(11,12)16-7-8-17(10,13-2)14-3/h4-9H2,1-3H3. The summed E-state index contributed by atoms with van der Waals surface area (Å²) in [5, 5.41) is 0. The van der Waals surface area contributed by atoms with Crippen LogP contribution in [0.4, 0.5) is 0 Å². The second kappa shape index (κ2) is 9.01. The molecule has 0 fully saturated rings. The minimum atomic E-state index is -3.61. The minimum absolute atomic E-state index is 0.106. The van der Waals surface area contributed by atoms with Crippen LogP contribution in [0.15, 0.2) is 0 Å². The largest absolute Gasteiger partial charge is 0.382 e. The van der Waals surface area contributed by atoms with E-state index in [2.05, 4.69) is 9.05 Å². The Balaban J connectivity index is 3.94. The first kappa shape index (κ1) is 18.0. The van der Waals surface area contributed by atoms with Crippen LogP contribution in [0.3, 0.4) is 0 Å². The van der Waals surface area contributed by atoms with Crippen molar-refractivity contribution in [3.63, 3.8) is 0 Å². The maximum Gasteiger partial charge on any atom is 0.332 e. The fourth-order valence-corrected chi connectivity index (χ4v) is 2.95. The van der Waals surface area contributed by atoms with Crippen molar-refractivity contribution in [2.45, 2.75) is 13.3 Å². The van der Waals surface area contributed by atoms with E-state index in [1.807, 2.05) is 6.92 Å². The van der Waals surface area contributed by atoms with Gasteiger partial charge in [-0.1, -0.05) is 0 Å². The molecular formula is C9H21O7PS. The molecule has 110 valence electrons. The molecule has 18 heavy (non-hydrogen) atoms. The average Bonchev–Trinajstić information content (AvgIpc) is 2.34. The molecule has 0 aliphatic rings. The lowest BCUT2D eigenvalue weighted by atomic mass is 10.5. The Kier molecular flexibility index (Phi) is 9.02. The van der Waals surface area contributed by atoms with Crippen LogP contribution in [0.1, 0.15) is 13.3 Å². The number of hydrogen-bond acceptors (Lipinski definition) is 7. The summed E-state index contributed by atoms with van der Waals surface area (Å²) in [6.07, 6.45) is 0.257. The highest BCUT2D eigenvalue weighted by atomic mass is 32.2. The highest BCUT2D eigenvalue weighted by Crippen LogP contribution is 2.45. The van der Waals surface area contributed by atoms with Gasteiger partial charge in [-0.25, -0.2) is 0 Å². The molecule has 0 heterocycles. The van der Waals surface area contributed by atoms with E-state index in [-0.39, 0.29) is 18.5 Å². The minimum Gasteiger partial charge on any atom is -0.382 e. The van der Waals surface area contributed by atoms with Crippen molar-refractivity contribution >= 4 is 17.7 Å². The van der Waals surface area contributed by atoms with Crippen molar-refractivity contribution in [1.82, 2.24) is 0 Å². The Labute approximate surface area is 108 Å². The summed E-state index contributed by atoms with van der Waals surface area (Å²) < 4.78 is 53.4. The van der Waals surface area contributed by atoms with Gasteiger partial charge in [0.1, 0.15) is 0 Å². The molecular weight excluding hydrogens is 283 g/mol. The zero-order chi connectivity index (χ0) is 14.1. The van der Waals surface area contributed by atoms with Crippen LogP contribution in [0.2, 0.25) is 0 Å². The maximum atomic E-state index is 11.6. The molecule has 0 spiro atoms. The smallest absolute Gasteiger partial charge is 0.332 e. The third-order valence-corrected chi connectivity index (χ3v) is 5.23. The van der Waals surface area contributed by atoms with Crippen LogP contribution in [0, 0.1) is 0 Å². The van der Waals surface area contributed by atoms with Crippen LogP contribution >= 0.6 is 7.60 Å². The number of hydrogen-bond donors (Lipinski definition) is 0. The number of rotatable bonds is 11. The van der Waals surface area contributed by atoms with Crippen LogP contribution in [0.5, 0.6) is 0 Å². The highest BCUT2D eigenvalue weighted by molar-refractivity contribution is 7.86. The normalized spacial score (nSPS) is 12.8. The highest BCUT2D eigenvalue weighted by Gasteiger charge is 2.22. The molecule has 0 saturated heterocycles. The Bertz CT molecular complexity index is 346. The van der Waals surface area contributed by atoms with E-state index >= 15 is 0 Å². The molecule has 0 aromatic rings. The number of ether oxygens (including phenoxy) is 1. The average molecular weight is 304 g/mol. The molecule has 0 aromatic carbocycles. The van der Waals surface area contributed by atoms with E-state index in [4.69, 9.17) is 8.92 Å². The second-order valence-corrected chi connectivity index (χ2v) is 7.49. The summed E-state index contributed by atoms with van der Waals surface area (Å²) in [5.41, 5.74) is 0. The fourth-order valence-electron chi connectivity index (χ4n) is 1.07. The molecule has 0 amide bonds. The van der Waals surface area contributed by atoms with Crippen molar-refractivity contribution in [2.75, 3.05) is 46.0 Å². The Morgan fingerprint density at radius 3 is 2.22 bits per heavy atom. The van der Waals surface area contributed by atoms with Gasteiger partial charge in [0.15, 0.2) is 0 Å². The van der Waals surface area contributed by atoms with Gasteiger partial charge in [-0.15, -0.1) is 0 Å². The topological polar surface area (TPSA) is 88.1 Å². The molecule has 0 bridgehead atoms. The summed E-state index contributed by atoms with van der Waals surface area (Å²) in [6.45, 7) is 2.52. The van der Waals surface area contributed by atoms with Gasteiger partial charge in [0.25, 0.3) is 10.1 Å². The van der Waals surface area contributed by atoms with E-state index in [1.54, 1.807) is 0 Å². The Hall–Kier alpha value is 0.0200. The lowest BCUT2D eigenvalue weighted by molar-refractivity contribution is 0.148. The molecule has 0 saturated carbocycles. The van der Waals surface area contributed by atoms with Gasteiger partial charge >= 0.3 is 7.60 Å². The predicted molar refractivity (Wildman–Crippen MR) is 67.3 cm³/mol. The van der Waals surface area contributed by atoms with E-state index in [1.165, 1.54) is 14.2 Å². The lowest BCUT2D eigenvalue weighted by Crippen LogP contribution is -2.15. The third-order valence-electron chi connectivity index (χ3n) is 2.07. The maximum absolute atomic E-state index is 11.6. The van der Waals surface area contributed by atoms with Gasteiger partial charge in [0, 0.05) is 27.4 Å². The quantitative estimate of drug-likeness (QED) is 0.322. The van der Waals surface area contributed by atoms with Gasteiger partial charge in [-0.2, -0.15) is 8.42 Å². The first-order valence-electron chi connectivity index (χ1n) is 5.54. The van der Waals surface area contributed by atoms with Gasteiger partial charge < -0.3 is 13.8 Å². The van der Waals surface area contributed by atoms with E-state index in [9.17, 15) is 13.0 Å². The van der Waals surface area contributed by atoms with E-state index < -0.39 is 17.7 Å². The third kappa shape index (κ3) is 8.18. The molecule has 0 atom stereocenters. The molecule has 0 rings (SSSR count). The summed E-state index contributed by atoms with van der Waals surface area (Å²) >= 11 is 0.